The van der Waals surface area contributed by atoms with Crippen molar-refractivity contribution in [2.45, 2.75) is 62.9 Å². The largest absolute Gasteiger partial charge is 0.354 e. The minimum atomic E-state index is 0.330. The molecule has 3 aromatic rings. The summed E-state index contributed by atoms with van der Waals surface area (Å²) in [5.74, 6) is 2.31. The van der Waals surface area contributed by atoms with Crippen LogP contribution >= 0.6 is 11.6 Å². The van der Waals surface area contributed by atoms with Crippen molar-refractivity contribution in [3.05, 3.63) is 40.8 Å². The maximum atomic E-state index is 9.80. The lowest BCUT2D eigenvalue weighted by Crippen LogP contribution is -2.56. The summed E-state index contributed by atoms with van der Waals surface area (Å²) < 4.78 is 1.71. The molecule has 2 saturated heterocycles. The maximum absolute atomic E-state index is 9.80. The first-order valence-corrected chi connectivity index (χ1v) is 13.1. The van der Waals surface area contributed by atoms with E-state index in [1.165, 1.54) is 32.4 Å². The van der Waals surface area contributed by atoms with Gasteiger partial charge in [-0.1, -0.05) is 18.0 Å². The van der Waals surface area contributed by atoms with Gasteiger partial charge in [-0.15, -0.1) is 5.10 Å². The molecule has 186 valence electrons. The van der Waals surface area contributed by atoms with Gasteiger partial charge < -0.3 is 10.2 Å². The average Bonchev–Trinajstić information content (AvgIpc) is 3.65. The van der Waals surface area contributed by atoms with Crippen LogP contribution in [0.25, 0.3) is 5.69 Å². The van der Waals surface area contributed by atoms with Gasteiger partial charge in [-0.25, -0.2) is 4.98 Å². The van der Waals surface area contributed by atoms with Crippen molar-refractivity contribution in [2.75, 3.05) is 30.4 Å². The number of halogens is 1. The molecule has 1 aromatic carbocycles. The van der Waals surface area contributed by atoms with Crippen LogP contribution in [0, 0.1) is 11.3 Å². The quantitative estimate of drug-likeness (QED) is 0.531. The van der Waals surface area contributed by atoms with Gasteiger partial charge in [-0.05, 0) is 80.2 Å². The number of anilines is 3. The number of piperidine rings is 2. The van der Waals surface area contributed by atoms with Gasteiger partial charge in [0.15, 0.2) is 11.6 Å². The zero-order chi connectivity index (χ0) is 24.6. The minimum absolute atomic E-state index is 0.330. The van der Waals surface area contributed by atoms with Crippen molar-refractivity contribution in [1.82, 2.24) is 35.1 Å². The molecule has 3 fully saturated rings. The molecule has 0 radical (unpaired) electrons. The van der Waals surface area contributed by atoms with Crippen LogP contribution < -0.4 is 10.2 Å². The molecule has 2 aromatic heterocycles. The van der Waals surface area contributed by atoms with Gasteiger partial charge in [0.05, 0.1) is 16.9 Å². The smallest absolute Gasteiger partial charge is 0.229 e. The lowest BCUT2D eigenvalue weighted by molar-refractivity contribution is 0.0893. The van der Waals surface area contributed by atoms with Crippen molar-refractivity contribution in [2.24, 2.45) is 0 Å². The number of benzene rings is 1. The fourth-order valence-electron chi connectivity index (χ4n) is 5.66. The van der Waals surface area contributed by atoms with Crippen molar-refractivity contribution in [3.63, 3.8) is 0 Å². The number of likely N-dealkylation sites (N-methyl/N-ethyl adjacent to an activating group) is 1. The Balaban J connectivity index is 1.28. The molecule has 10 nitrogen and oxygen atoms in total. The van der Waals surface area contributed by atoms with E-state index in [0.29, 0.717) is 46.0 Å². The Hall–Kier alpha value is -3.29. The summed E-state index contributed by atoms with van der Waals surface area (Å²) in [5.41, 5.74) is 1.95. The molecule has 2 atom stereocenters. The number of rotatable bonds is 6. The summed E-state index contributed by atoms with van der Waals surface area (Å²) in [6, 6.07) is 8.71. The number of aromatic nitrogens is 6. The van der Waals surface area contributed by atoms with Crippen molar-refractivity contribution < 1.29 is 0 Å². The molecule has 4 heterocycles. The lowest BCUT2D eigenvalue weighted by Gasteiger charge is -2.47. The normalized spacial score (nSPS) is 22.0. The SMILES string of the molecule is CN(c1nc(Nc2ccc(Cl)c(-n3nnnc3C3CC3)c2)ncc1C#N)[C@H]1CCCN2CCCC[C@H]12. The highest BCUT2D eigenvalue weighted by Crippen LogP contribution is 2.40. The van der Waals surface area contributed by atoms with Crippen LogP contribution in [0.2, 0.25) is 5.02 Å². The molecule has 0 bridgehead atoms. The van der Waals surface area contributed by atoms with E-state index in [9.17, 15) is 5.26 Å². The number of tetrazole rings is 1. The molecule has 0 spiro atoms. The van der Waals surface area contributed by atoms with Gasteiger partial charge in [0.1, 0.15) is 11.6 Å². The molecule has 0 unspecified atom stereocenters. The van der Waals surface area contributed by atoms with Crippen LogP contribution in [0.15, 0.2) is 24.4 Å². The average molecular weight is 505 g/mol. The van der Waals surface area contributed by atoms with Crippen LogP contribution in [0.1, 0.15) is 62.3 Å². The number of hydrogen-bond acceptors (Lipinski definition) is 9. The van der Waals surface area contributed by atoms with Crippen LogP contribution in [0.5, 0.6) is 0 Å². The first-order chi connectivity index (χ1) is 17.6. The van der Waals surface area contributed by atoms with Gasteiger partial charge in [-0.2, -0.15) is 14.9 Å². The standard InChI is InChI=1S/C25H29ClN10/c1-34(20-6-4-12-35-11-3-2-5-21(20)35)23-17(14-27)15-28-25(30-23)29-18-9-10-19(26)22(13-18)36-24(16-7-8-16)31-32-33-36/h9-10,13,15-16,20-21H,2-8,11-12H2,1H3,(H,28,29,30)/t20-,21+/m0/s1. The molecular weight excluding hydrogens is 476 g/mol. The number of nitriles is 1. The fraction of sp³-hybridized carbons (Fsp3) is 0.520. The summed E-state index contributed by atoms with van der Waals surface area (Å²) in [5, 5.41) is 25.9. The van der Waals surface area contributed by atoms with E-state index in [1.54, 1.807) is 10.9 Å². The zero-order valence-corrected chi connectivity index (χ0v) is 21.1. The summed E-state index contributed by atoms with van der Waals surface area (Å²) in [6.45, 7) is 2.33. The molecule has 0 amide bonds. The van der Waals surface area contributed by atoms with Crippen LogP contribution in [0.3, 0.4) is 0 Å². The third kappa shape index (κ3) is 4.38. The molecule has 1 aliphatic carbocycles. The Morgan fingerprint density at radius 1 is 1.14 bits per heavy atom. The highest BCUT2D eigenvalue weighted by Gasteiger charge is 2.36. The third-order valence-electron chi connectivity index (χ3n) is 7.64. The van der Waals surface area contributed by atoms with Crippen LogP contribution in [-0.4, -0.2) is 67.3 Å². The van der Waals surface area contributed by atoms with E-state index in [4.69, 9.17) is 16.6 Å². The van der Waals surface area contributed by atoms with E-state index in [0.717, 1.165) is 37.2 Å². The van der Waals surface area contributed by atoms with Gasteiger partial charge in [-0.3, -0.25) is 4.90 Å². The van der Waals surface area contributed by atoms with E-state index in [1.807, 2.05) is 18.2 Å². The topological polar surface area (TPSA) is 112 Å². The Morgan fingerprint density at radius 3 is 2.83 bits per heavy atom. The van der Waals surface area contributed by atoms with Crippen molar-refractivity contribution in [3.8, 4) is 11.8 Å². The highest BCUT2D eigenvalue weighted by atomic mass is 35.5. The molecule has 1 N–H and O–H groups in total. The molecular formula is C25H29ClN10. The first-order valence-electron chi connectivity index (χ1n) is 12.7. The second kappa shape index (κ2) is 9.64. The van der Waals surface area contributed by atoms with Gasteiger partial charge in [0.2, 0.25) is 5.95 Å². The Kier molecular flexibility index (Phi) is 6.19. The Bertz CT molecular complexity index is 1290. The second-order valence-electron chi connectivity index (χ2n) is 9.98. The molecule has 6 rings (SSSR count). The molecule has 11 heteroatoms. The van der Waals surface area contributed by atoms with E-state index >= 15 is 0 Å². The van der Waals surface area contributed by atoms with Gasteiger partial charge in [0, 0.05) is 30.7 Å². The van der Waals surface area contributed by atoms with E-state index in [-0.39, 0.29) is 0 Å². The predicted molar refractivity (Wildman–Crippen MR) is 137 cm³/mol. The molecule has 2 aliphatic heterocycles. The van der Waals surface area contributed by atoms with Crippen molar-refractivity contribution in [1.29, 1.82) is 5.26 Å². The summed E-state index contributed by atoms with van der Waals surface area (Å²) >= 11 is 6.51. The van der Waals surface area contributed by atoms with Crippen LogP contribution in [-0.2, 0) is 0 Å². The Labute approximate surface area is 215 Å². The zero-order valence-electron chi connectivity index (χ0n) is 20.3. The lowest BCUT2D eigenvalue weighted by atomic mass is 9.88. The van der Waals surface area contributed by atoms with Gasteiger partial charge in [0.25, 0.3) is 0 Å². The monoisotopic (exact) mass is 504 g/mol. The summed E-state index contributed by atoms with van der Waals surface area (Å²) in [4.78, 5) is 14.0. The van der Waals surface area contributed by atoms with Gasteiger partial charge >= 0.3 is 0 Å². The fourth-order valence-corrected chi connectivity index (χ4v) is 5.86. The maximum Gasteiger partial charge on any atom is 0.229 e. The van der Waals surface area contributed by atoms with E-state index < -0.39 is 0 Å². The number of nitrogens with zero attached hydrogens (tertiary/aromatic N) is 9. The Morgan fingerprint density at radius 2 is 2.00 bits per heavy atom. The van der Waals surface area contributed by atoms with E-state index in [2.05, 4.69) is 48.7 Å². The molecule has 1 saturated carbocycles. The molecule has 3 aliphatic rings. The second-order valence-corrected chi connectivity index (χ2v) is 10.4. The summed E-state index contributed by atoms with van der Waals surface area (Å²) in [6.07, 6.45) is 9.77. The highest BCUT2D eigenvalue weighted by molar-refractivity contribution is 6.32. The summed E-state index contributed by atoms with van der Waals surface area (Å²) in [7, 11) is 2.06. The number of hydrogen-bond donors (Lipinski definition) is 1. The third-order valence-corrected chi connectivity index (χ3v) is 7.96. The van der Waals surface area contributed by atoms with Crippen molar-refractivity contribution >= 4 is 29.1 Å². The first kappa shape index (κ1) is 23.1. The number of nitrogens with one attached hydrogen (secondary N) is 1. The minimum Gasteiger partial charge on any atom is -0.354 e. The predicted octanol–water partition coefficient (Wildman–Crippen LogP) is 4.05. The number of fused-ring (bicyclic) bond motifs is 1. The molecule has 36 heavy (non-hydrogen) atoms. The van der Waals surface area contributed by atoms with Crippen LogP contribution in [0.4, 0.5) is 17.5 Å².